The van der Waals surface area contributed by atoms with Gasteiger partial charge in [-0.2, -0.15) is 0 Å². The summed E-state index contributed by atoms with van der Waals surface area (Å²) in [5.41, 5.74) is 3.30. The minimum Gasteiger partial charge on any atom is -0.493 e. The van der Waals surface area contributed by atoms with Crippen molar-refractivity contribution >= 4 is 39.8 Å². The van der Waals surface area contributed by atoms with Crippen molar-refractivity contribution in [3.63, 3.8) is 0 Å². The average Bonchev–Trinajstić information content (AvgIpc) is 3.26. The summed E-state index contributed by atoms with van der Waals surface area (Å²) in [6.07, 6.45) is 4.26. The molecule has 2 aromatic carbocycles. The highest BCUT2D eigenvalue weighted by atomic mass is 35.5. The summed E-state index contributed by atoms with van der Waals surface area (Å²) in [5, 5.41) is 8.75. The normalized spacial score (nSPS) is 12.3. The van der Waals surface area contributed by atoms with Gasteiger partial charge in [0.1, 0.15) is 17.3 Å². The summed E-state index contributed by atoms with van der Waals surface area (Å²) in [6.45, 7) is 1.16. The molecule has 0 unspecified atom stereocenters. The molecule has 154 valence electrons. The van der Waals surface area contributed by atoms with Gasteiger partial charge in [0.15, 0.2) is 0 Å². The summed E-state index contributed by atoms with van der Waals surface area (Å²) < 4.78 is 5.52. The topological polar surface area (TPSA) is 76.1 Å². The Bertz CT molecular complexity index is 1270. The maximum absolute atomic E-state index is 12.5. The first kappa shape index (κ1) is 19.3. The Kier molecular flexibility index (Phi) is 5.14. The second-order valence-corrected chi connectivity index (χ2v) is 7.74. The Balaban J connectivity index is 1.26. The van der Waals surface area contributed by atoms with Gasteiger partial charge in [-0.1, -0.05) is 29.8 Å². The maximum atomic E-state index is 12.5. The van der Waals surface area contributed by atoms with Crippen molar-refractivity contribution < 1.29 is 9.53 Å². The van der Waals surface area contributed by atoms with Crippen LogP contribution in [0, 0.1) is 0 Å². The van der Waals surface area contributed by atoms with E-state index >= 15 is 0 Å². The molecule has 3 heterocycles. The van der Waals surface area contributed by atoms with Crippen molar-refractivity contribution in [2.45, 2.75) is 13.0 Å². The molecule has 1 aliphatic heterocycles. The Morgan fingerprint density at radius 2 is 2.00 bits per heavy atom. The molecule has 7 heteroatoms. The Hall–Kier alpha value is -3.64. The minimum atomic E-state index is -0.224. The highest BCUT2D eigenvalue weighted by molar-refractivity contribution is 6.31. The molecular weight excluding hydrogens is 412 g/mol. The number of carbonyl (C=O) groups excluding carboxylic acids is 1. The molecule has 0 radical (unpaired) electrons. The van der Waals surface area contributed by atoms with Gasteiger partial charge >= 0.3 is 0 Å². The van der Waals surface area contributed by atoms with E-state index in [-0.39, 0.29) is 5.91 Å². The van der Waals surface area contributed by atoms with Crippen LogP contribution in [0.1, 0.15) is 21.6 Å². The fourth-order valence-electron chi connectivity index (χ4n) is 3.60. The van der Waals surface area contributed by atoms with Crippen LogP contribution < -0.4 is 15.4 Å². The lowest BCUT2D eigenvalue weighted by Crippen LogP contribution is -2.23. The summed E-state index contributed by atoms with van der Waals surface area (Å²) in [4.78, 5) is 21.2. The molecule has 1 aliphatic rings. The molecule has 5 rings (SSSR count). The van der Waals surface area contributed by atoms with Crippen molar-refractivity contribution in [3.8, 4) is 5.75 Å². The number of nitrogens with zero attached hydrogens (tertiary/aromatic N) is 2. The summed E-state index contributed by atoms with van der Waals surface area (Å²) >= 11 is 6.13. The standard InChI is InChI=1S/C24H19ClN4O2/c25-18-3-2-16-7-9-26-23(20(16)12-18)29-19-4-5-21(27-14-19)24(30)28-13-15-1-6-22-17(11-15)8-10-31-22/h1-7,9,11-12,14H,8,10,13H2,(H,26,29)(H,28,30). The van der Waals surface area contributed by atoms with Gasteiger partial charge in [-0.05, 0) is 52.9 Å². The van der Waals surface area contributed by atoms with Crippen LogP contribution in [0.3, 0.4) is 0 Å². The van der Waals surface area contributed by atoms with Crippen molar-refractivity contribution in [2.75, 3.05) is 11.9 Å². The number of benzene rings is 2. The molecule has 0 bridgehead atoms. The third-order valence-electron chi connectivity index (χ3n) is 5.19. The van der Waals surface area contributed by atoms with E-state index in [0.29, 0.717) is 23.1 Å². The number of rotatable bonds is 5. The van der Waals surface area contributed by atoms with E-state index in [1.165, 1.54) is 5.56 Å². The van der Waals surface area contributed by atoms with E-state index in [1.807, 2.05) is 36.4 Å². The van der Waals surface area contributed by atoms with Gasteiger partial charge in [0.25, 0.3) is 5.91 Å². The number of hydrogen-bond acceptors (Lipinski definition) is 5. The Morgan fingerprint density at radius 1 is 1.06 bits per heavy atom. The fraction of sp³-hybridized carbons (Fsp3) is 0.125. The number of aromatic nitrogens is 2. The van der Waals surface area contributed by atoms with Gasteiger partial charge in [-0.25, -0.2) is 9.97 Å². The molecule has 0 atom stereocenters. The average molecular weight is 431 g/mol. The number of hydrogen-bond donors (Lipinski definition) is 2. The zero-order valence-corrected chi connectivity index (χ0v) is 17.3. The smallest absolute Gasteiger partial charge is 0.270 e. The second kappa shape index (κ2) is 8.24. The molecule has 1 amide bonds. The van der Waals surface area contributed by atoms with Crippen LogP contribution in [0.4, 0.5) is 11.5 Å². The van der Waals surface area contributed by atoms with E-state index in [0.717, 1.165) is 40.8 Å². The zero-order chi connectivity index (χ0) is 21.2. The minimum absolute atomic E-state index is 0.224. The number of amides is 1. The Morgan fingerprint density at radius 3 is 2.87 bits per heavy atom. The van der Waals surface area contributed by atoms with Crippen LogP contribution in [-0.2, 0) is 13.0 Å². The third kappa shape index (κ3) is 4.15. The number of nitrogens with one attached hydrogen (secondary N) is 2. The van der Waals surface area contributed by atoms with Gasteiger partial charge in [0.05, 0.1) is 18.5 Å². The van der Waals surface area contributed by atoms with E-state index in [2.05, 4.69) is 26.7 Å². The molecule has 6 nitrogen and oxygen atoms in total. The zero-order valence-electron chi connectivity index (χ0n) is 16.6. The summed E-state index contributed by atoms with van der Waals surface area (Å²) in [5.74, 6) is 1.39. The van der Waals surface area contributed by atoms with Crippen LogP contribution in [-0.4, -0.2) is 22.5 Å². The number of fused-ring (bicyclic) bond motifs is 2. The highest BCUT2D eigenvalue weighted by Gasteiger charge is 2.13. The van der Waals surface area contributed by atoms with Gasteiger partial charge < -0.3 is 15.4 Å². The third-order valence-corrected chi connectivity index (χ3v) is 5.43. The molecule has 0 spiro atoms. The first-order chi connectivity index (χ1) is 15.2. The maximum Gasteiger partial charge on any atom is 0.270 e. The lowest BCUT2D eigenvalue weighted by Gasteiger charge is -2.10. The number of pyridine rings is 2. The molecule has 0 fully saturated rings. The van der Waals surface area contributed by atoms with E-state index < -0.39 is 0 Å². The predicted molar refractivity (Wildman–Crippen MR) is 121 cm³/mol. The molecule has 31 heavy (non-hydrogen) atoms. The lowest BCUT2D eigenvalue weighted by molar-refractivity contribution is 0.0946. The molecule has 2 aromatic heterocycles. The summed E-state index contributed by atoms with van der Waals surface area (Å²) in [6, 6.07) is 17.1. The van der Waals surface area contributed by atoms with Gasteiger partial charge in [-0.3, -0.25) is 4.79 Å². The lowest BCUT2D eigenvalue weighted by atomic mass is 10.1. The largest absolute Gasteiger partial charge is 0.493 e. The number of halogens is 1. The van der Waals surface area contributed by atoms with E-state index in [9.17, 15) is 4.79 Å². The van der Waals surface area contributed by atoms with Crippen LogP contribution >= 0.6 is 11.6 Å². The van der Waals surface area contributed by atoms with Crippen molar-refractivity contribution in [3.05, 3.63) is 88.8 Å². The first-order valence-corrected chi connectivity index (χ1v) is 10.3. The van der Waals surface area contributed by atoms with Crippen molar-refractivity contribution in [1.29, 1.82) is 0 Å². The van der Waals surface area contributed by atoms with Gasteiger partial charge in [0, 0.05) is 29.6 Å². The van der Waals surface area contributed by atoms with Crippen LogP contribution in [0.5, 0.6) is 5.75 Å². The van der Waals surface area contributed by atoms with E-state index in [4.69, 9.17) is 16.3 Å². The second-order valence-electron chi connectivity index (χ2n) is 7.31. The van der Waals surface area contributed by atoms with Crippen LogP contribution in [0.25, 0.3) is 10.8 Å². The van der Waals surface area contributed by atoms with E-state index in [1.54, 1.807) is 24.5 Å². The molecule has 0 saturated heterocycles. The fourth-order valence-corrected chi connectivity index (χ4v) is 3.77. The number of anilines is 2. The highest BCUT2D eigenvalue weighted by Crippen LogP contribution is 2.27. The molecular formula is C24H19ClN4O2. The first-order valence-electron chi connectivity index (χ1n) is 9.96. The number of ether oxygens (including phenoxy) is 1. The van der Waals surface area contributed by atoms with Crippen molar-refractivity contribution in [2.24, 2.45) is 0 Å². The predicted octanol–water partition coefficient (Wildman–Crippen LogP) is 4.89. The SMILES string of the molecule is O=C(NCc1ccc2c(c1)CCO2)c1ccc(Nc2nccc3ccc(Cl)cc23)cn1. The summed E-state index contributed by atoms with van der Waals surface area (Å²) in [7, 11) is 0. The van der Waals surface area contributed by atoms with Crippen molar-refractivity contribution in [1.82, 2.24) is 15.3 Å². The molecule has 0 saturated carbocycles. The molecule has 4 aromatic rings. The quantitative estimate of drug-likeness (QED) is 0.471. The monoisotopic (exact) mass is 430 g/mol. The number of carbonyl (C=O) groups is 1. The van der Waals surface area contributed by atoms with Gasteiger partial charge in [-0.15, -0.1) is 0 Å². The molecule has 2 N–H and O–H groups in total. The molecule has 0 aliphatic carbocycles. The Labute approximate surface area is 184 Å². The van der Waals surface area contributed by atoms with Crippen LogP contribution in [0.2, 0.25) is 5.02 Å². The van der Waals surface area contributed by atoms with Crippen LogP contribution in [0.15, 0.2) is 67.0 Å². The van der Waals surface area contributed by atoms with Gasteiger partial charge in [0.2, 0.25) is 0 Å².